The highest BCUT2D eigenvalue weighted by atomic mass is 16.5. The van der Waals surface area contributed by atoms with E-state index < -0.39 is 5.97 Å². The number of aromatic amines is 1. The van der Waals surface area contributed by atoms with Gasteiger partial charge in [-0.15, -0.1) is 0 Å². The number of fused-ring (bicyclic) bond motifs is 4. The van der Waals surface area contributed by atoms with E-state index in [2.05, 4.69) is 21.1 Å². The largest absolute Gasteiger partial charge is 0.496 e. The molecule has 1 aliphatic heterocycles. The number of ether oxygens (including phenoxy) is 1. The molecular formula is C29H29N5O4. The average molecular weight is 512 g/mol. The molecule has 0 fully saturated rings. The van der Waals surface area contributed by atoms with Gasteiger partial charge >= 0.3 is 5.97 Å². The van der Waals surface area contributed by atoms with Crippen molar-refractivity contribution in [1.29, 1.82) is 0 Å². The molecule has 0 aliphatic carbocycles. The minimum atomic E-state index is -0.815. The Morgan fingerprint density at radius 2 is 2.03 bits per heavy atom. The Hall–Kier alpha value is -4.24. The molecule has 1 aliphatic rings. The first-order valence-electron chi connectivity index (χ1n) is 12.7. The minimum Gasteiger partial charge on any atom is -0.496 e. The number of hydrogen-bond acceptors (Lipinski definition) is 7. The third kappa shape index (κ3) is 3.99. The summed E-state index contributed by atoms with van der Waals surface area (Å²) in [4.78, 5) is 27.1. The fourth-order valence-corrected chi connectivity index (χ4v) is 5.86. The lowest BCUT2D eigenvalue weighted by atomic mass is 9.90. The van der Waals surface area contributed by atoms with Gasteiger partial charge in [0.25, 0.3) is 0 Å². The molecule has 1 atom stereocenters. The van der Waals surface area contributed by atoms with Gasteiger partial charge in [0, 0.05) is 41.0 Å². The van der Waals surface area contributed by atoms with E-state index in [0.717, 1.165) is 68.7 Å². The number of aromatic nitrogens is 4. The van der Waals surface area contributed by atoms with Gasteiger partial charge in [0.2, 0.25) is 0 Å². The summed E-state index contributed by atoms with van der Waals surface area (Å²) < 4.78 is 11.2. The van der Waals surface area contributed by atoms with Gasteiger partial charge in [-0.2, -0.15) is 0 Å². The molecular weight excluding hydrogens is 482 g/mol. The van der Waals surface area contributed by atoms with E-state index in [1.165, 1.54) is 5.56 Å². The summed E-state index contributed by atoms with van der Waals surface area (Å²) in [5, 5.41) is 15.7. The number of aliphatic carboxylic acids is 1. The fraction of sp³-hybridized carbons (Fsp3) is 0.310. The molecule has 1 unspecified atom stereocenters. The first kappa shape index (κ1) is 24.1. The van der Waals surface area contributed by atoms with E-state index in [9.17, 15) is 9.90 Å². The van der Waals surface area contributed by atoms with Crippen LogP contribution in [0.3, 0.4) is 0 Å². The summed E-state index contributed by atoms with van der Waals surface area (Å²) in [5.41, 5.74) is 7.39. The number of carbonyl (C=O) groups is 1. The van der Waals surface area contributed by atoms with Crippen molar-refractivity contribution >= 4 is 27.9 Å². The van der Waals surface area contributed by atoms with Crippen LogP contribution in [0.2, 0.25) is 0 Å². The lowest BCUT2D eigenvalue weighted by Crippen LogP contribution is -2.36. The smallest absolute Gasteiger partial charge is 0.305 e. The molecule has 38 heavy (non-hydrogen) atoms. The van der Waals surface area contributed by atoms with Crippen LogP contribution < -0.4 is 4.74 Å². The first-order chi connectivity index (χ1) is 18.3. The van der Waals surface area contributed by atoms with Gasteiger partial charge in [-0.25, -0.2) is 9.97 Å². The van der Waals surface area contributed by atoms with Crippen LogP contribution in [0.5, 0.6) is 5.75 Å². The van der Waals surface area contributed by atoms with Crippen molar-refractivity contribution in [3.8, 4) is 16.9 Å². The Morgan fingerprint density at radius 3 is 2.76 bits per heavy atom. The molecule has 0 saturated heterocycles. The van der Waals surface area contributed by atoms with Gasteiger partial charge in [-0.3, -0.25) is 9.69 Å². The van der Waals surface area contributed by atoms with Crippen molar-refractivity contribution in [2.24, 2.45) is 0 Å². The number of nitrogens with zero attached hydrogens (tertiary/aromatic N) is 4. The quantitative estimate of drug-likeness (QED) is 0.316. The number of rotatable bonds is 6. The first-order valence-corrected chi connectivity index (χ1v) is 12.7. The number of hydrogen-bond donors (Lipinski definition) is 2. The Bertz CT molecular complexity index is 1680. The molecule has 9 nitrogen and oxygen atoms in total. The van der Waals surface area contributed by atoms with Crippen LogP contribution in [0.25, 0.3) is 33.1 Å². The minimum absolute atomic E-state index is 0.0345. The van der Waals surface area contributed by atoms with Gasteiger partial charge < -0.3 is 19.4 Å². The average Bonchev–Trinajstić information content (AvgIpc) is 3.42. The van der Waals surface area contributed by atoms with Crippen LogP contribution >= 0.6 is 0 Å². The molecule has 194 valence electrons. The predicted octanol–water partition coefficient (Wildman–Crippen LogP) is 5.27. The highest BCUT2D eigenvalue weighted by Crippen LogP contribution is 2.41. The Labute approximate surface area is 219 Å². The molecule has 0 amide bonds. The molecule has 4 heterocycles. The van der Waals surface area contributed by atoms with Crippen LogP contribution in [0.1, 0.15) is 46.6 Å². The Balaban J connectivity index is 1.49. The molecule has 0 radical (unpaired) electrons. The monoisotopic (exact) mass is 511 g/mol. The van der Waals surface area contributed by atoms with Crippen LogP contribution in [-0.2, 0) is 17.8 Å². The number of methoxy groups -OCH3 is 1. The molecule has 2 aromatic carbocycles. The fourth-order valence-electron chi connectivity index (χ4n) is 5.86. The lowest BCUT2D eigenvalue weighted by Gasteiger charge is -2.36. The summed E-state index contributed by atoms with van der Waals surface area (Å²) in [6, 6.07) is 12.0. The van der Waals surface area contributed by atoms with Crippen molar-refractivity contribution < 1.29 is 19.2 Å². The number of aryl methyl sites for hydroxylation is 3. The number of carboxylic acids is 1. The molecule has 3 aromatic heterocycles. The SMILES string of the molecule is COc1cc2c(cc1-c1c(C)noc1C)[nH]c1nc(C)nc(CN3CCc4ccccc4C3CC(=O)O)c12. The summed E-state index contributed by atoms with van der Waals surface area (Å²) in [6.07, 6.45) is 0.898. The molecule has 0 saturated carbocycles. The van der Waals surface area contributed by atoms with E-state index in [4.69, 9.17) is 19.2 Å². The van der Waals surface area contributed by atoms with Gasteiger partial charge in [0.1, 0.15) is 23.0 Å². The van der Waals surface area contributed by atoms with Crippen LogP contribution in [-0.4, -0.2) is 49.7 Å². The van der Waals surface area contributed by atoms with Crippen LogP contribution in [0.4, 0.5) is 0 Å². The summed E-state index contributed by atoms with van der Waals surface area (Å²) in [5.74, 6) is 1.27. The lowest BCUT2D eigenvalue weighted by molar-refractivity contribution is -0.138. The highest BCUT2D eigenvalue weighted by Gasteiger charge is 2.30. The Morgan fingerprint density at radius 1 is 1.21 bits per heavy atom. The van der Waals surface area contributed by atoms with Crippen LogP contribution in [0.15, 0.2) is 40.9 Å². The molecule has 0 spiro atoms. The second-order valence-electron chi connectivity index (χ2n) is 9.90. The number of benzene rings is 2. The van der Waals surface area contributed by atoms with Crippen molar-refractivity contribution in [3.63, 3.8) is 0 Å². The third-order valence-corrected chi connectivity index (χ3v) is 7.50. The number of nitrogens with one attached hydrogen (secondary N) is 1. The van der Waals surface area contributed by atoms with Gasteiger partial charge in [0.05, 0.1) is 30.5 Å². The van der Waals surface area contributed by atoms with Gasteiger partial charge in [0.15, 0.2) is 0 Å². The molecule has 5 aromatic rings. The summed E-state index contributed by atoms with van der Waals surface area (Å²) in [7, 11) is 1.65. The zero-order valence-electron chi connectivity index (χ0n) is 21.8. The maximum absolute atomic E-state index is 11.8. The maximum atomic E-state index is 11.8. The van der Waals surface area contributed by atoms with Crippen molar-refractivity contribution in [2.45, 2.75) is 46.2 Å². The van der Waals surface area contributed by atoms with Crippen molar-refractivity contribution in [1.82, 2.24) is 25.0 Å². The van der Waals surface area contributed by atoms with E-state index in [0.29, 0.717) is 18.1 Å². The molecule has 2 N–H and O–H groups in total. The Kier molecular flexibility index (Phi) is 5.87. The molecule has 9 heteroatoms. The highest BCUT2D eigenvalue weighted by molar-refractivity contribution is 6.09. The predicted molar refractivity (Wildman–Crippen MR) is 143 cm³/mol. The van der Waals surface area contributed by atoms with Crippen molar-refractivity contribution in [3.05, 3.63) is 70.5 Å². The summed E-state index contributed by atoms with van der Waals surface area (Å²) in [6.45, 7) is 6.94. The van der Waals surface area contributed by atoms with Crippen molar-refractivity contribution in [2.75, 3.05) is 13.7 Å². The van der Waals surface area contributed by atoms with Gasteiger partial charge in [-0.1, -0.05) is 29.4 Å². The van der Waals surface area contributed by atoms with E-state index >= 15 is 0 Å². The van der Waals surface area contributed by atoms with Gasteiger partial charge in [-0.05, 0) is 50.5 Å². The van der Waals surface area contributed by atoms with Crippen LogP contribution in [0, 0.1) is 20.8 Å². The normalized spacial score (nSPS) is 15.7. The standard InChI is InChI=1S/C29H29N5O4/c1-15-27(16(2)38-33-15)21-11-22-20(12-25(21)37-4)28-23(30-17(3)31-29(28)32-22)14-34-10-9-18-7-5-6-8-19(18)24(34)13-26(35)36/h5-8,11-12,24H,9-10,13-14H2,1-4H3,(H,35,36)(H,30,31,32). The molecule has 0 bridgehead atoms. The van der Waals surface area contributed by atoms with E-state index in [-0.39, 0.29) is 12.5 Å². The van der Waals surface area contributed by atoms with E-state index in [1.807, 2.05) is 51.1 Å². The second kappa shape index (κ2) is 9.25. The molecule has 6 rings (SSSR count). The maximum Gasteiger partial charge on any atom is 0.305 e. The second-order valence-corrected chi connectivity index (χ2v) is 9.90. The third-order valence-electron chi connectivity index (χ3n) is 7.50. The number of carboxylic acid groups (broad SMARTS) is 1. The zero-order valence-corrected chi connectivity index (χ0v) is 21.8. The topological polar surface area (TPSA) is 117 Å². The summed E-state index contributed by atoms with van der Waals surface area (Å²) >= 11 is 0. The number of H-pyrrole nitrogens is 1. The van der Waals surface area contributed by atoms with E-state index in [1.54, 1.807) is 7.11 Å². The zero-order chi connectivity index (χ0) is 26.6.